The zero-order valence-electron chi connectivity index (χ0n) is 19.5. The summed E-state index contributed by atoms with van der Waals surface area (Å²) in [5, 5.41) is 3.53. The van der Waals surface area contributed by atoms with Crippen LogP contribution in [0.25, 0.3) is 16.0 Å². The van der Waals surface area contributed by atoms with Crippen LogP contribution in [-0.2, 0) is 16.0 Å². The van der Waals surface area contributed by atoms with Gasteiger partial charge >= 0.3 is 0 Å². The summed E-state index contributed by atoms with van der Waals surface area (Å²) in [5.41, 5.74) is 3.14. The average Bonchev–Trinajstić information content (AvgIpc) is 3.45. The molecule has 0 spiro atoms. The molecule has 2 aromatic heterocycles. The van der Waals surface area contributed by atoms with E-state index in [1.165, 1.54) is 16.9 Å². The van der Waals surface area contributed by atoms with Crippen LogP contribution in [0.1, 0.15) is 47.8 Å². The zero-order chi connectivity index (χ0) is 21.8. The number of thiazole rings is 1. The molecule has 10 heteroatoms. The summed E-state index contributed by atoms with van der Waals surface area (Å²) in [4.78, 5) is 20.9. The Bertz CT molecular complexity index is 1050. The van der Waals surface area contributed by atoms with Crippen molar-refractivity contribution in [2.24, 2.45) is 0 Å². The molecule has 184 valence electrons. The summed E-state index contributed by atoms with van der Waals surface area (Å²) in [7, 11) is 3.56. The van der Waals surface area contributed by atoms with E-state index in [-0.39, 0.29) is 36.3 Å². The predicted molar refractivity (Wildman–Crippen MR) is 138 cm³/mol. The van der Waals surface area contributed by atoms with E-state index in [4.69, 9.17) is 14.5 Å². The van der Waals surface area contributed by atoms with E-state index in [9.17, 15) is 4.79 Å². The highest BCUT2D eigenvalue weighted by atomic mass is 35.5. The van der Waals surface area contributed by atoms with Crippen LogP contribution in [0.5, 0.6) is 0 Å². The number of carbonyl (C=O) groups excluding carboxylic acids is 1. The van der Waals surface area contributed by atoms with Crippen molar-refractivity contribution in [1.29, 1.82) is 0 Å². The molecule has 1 fully saturated rings. The lowest BCUT2D eigenvalue weighted by Gasteiger charge is -2.23. The Morgan fingerprint density at radius 2 is 2.18 bits per heavy atom. The Balaban J connectivity index is 0.00000193. The van der Waals surface area contributed by atoms with Crippen molar-refractivity contribution in [3.63, 3.8) is 0 Å². The van der Waals surface area contributed by atoms with Crippen molar-refractivity contribution in [1.82, 2.24) is 19.6 Å². The van der Waals surface area contributed by atoms with Gasteiger partial charge in [0, 0.05) is 53.2 Å². The first-order valence-corrected chi connectivity index (χ1v) is 11.8. The summed E-state index contributed by atoms with van der Waals surface area (Å²) in [6, 6.07) is 6.34. The number of nitrogens with one attached hydrogen (secondary N) is 1. The molecule has 0 bridgehead atoms. The van der Waals surface area contributed by atoms with Gasteiger partial charge in [0.05, 0.1) is 16.6 Å². The molecule has 0 saturated carbocycles. The first kappa shape index (κ1) is 27.8. The van der Waals surface area contributed by atoms with Crippen LogP contribution in [0.4, 0.5) is 0 Å². The molecule has 1 saturated heterocycles. The van der Waals surface area contributed by atoms with E-state index >= 15 is 0 Å². The highest BCUT2D eigenvalue weighted by Crippen LogP contribution is 2.26. The van der Waals surface area contributed by atoms with E-state index in [1.54, 1.807) is 12.0 Å². The fourth-order valence-electron chi connectivity index (χ4n) is 4.10. The monoisotopic (exact) mass is 516 g/mol. The highest BCUT2D eigenvalue weighted by Gasteiger charge is 2.29. The standard InChI is InChI=1S/C23H32N4O3S.2ClH/c1-23(9-6-12-30-23)16-24-14-17-7-8-18-19(13-17)27-15-20(31-22(27)25-18)21(28)26(2)10-4-5-11-29-3;;/h7-8,13,15,24H,4-6,9-12,14,16H2,1-3H3;2*1H/t23-;;/m1../s1. The number of amides is 1. The number of methoxy groups -OCH3 is 1. The van der Waals surface area contributed by atoms with E-state index in [1.807, 2.05) is 17.6 Å². The Labute approximate surface area is 211 Å². The van der Waals surface area contributed by atoms with Crippen LogP contribution in [0.15, 0.2) is 24.4 Å². The van der Waals surface area contributed by atoms with Crippen molar-refractivity contribution in [2.75, 3.05) is 40.5 Å². The van der Waals surface area contributed by atoms with E-state index in [0.29, 0.717) is 4.88 Å². The van der Waals surface area contributed by atoms with Crippen LogP contribution >= 0.6 is 36.2 Å². The fourth-order valence-corrected chi connectivity index (χ4v) is 5.09. The number of rotatable bonds is 10. The number of nitrogens with zero attached hydrogens (tertiary/aromatic N) is 3. The number of imidazole rings is 1. The maximum absolute atomic E-state index is 12.8. The molecule has 7 nitrogen and oxygen atoms in total. The third-order valence-corrected chi connectivity index (χ3v) is 6.92. The number of carbonyl (C=O) groups is 1. The molecular formula is C23H34Cl2N4O3S. The first-order chi connectivity index (χ1) is 15.0. The Morgan fingerprint density at radius 1 is 1.36 bits per heavy atom. The summed E-state index contributed by atoms with van der Waals surface area (Å²) in [5.74, 6) is 0.0451. The number of fused-ring (bicyclic) bond motifs is 3. The van der Waals surface area contributed by atoms with Crippen LogP contribution in [0.2, 0.25) is 0 Å². The van der Waals surface area contributed by atoms with Crippen LogP contribution in [0.3, 0.4) is 0 Å². The molecule has 3 aromatic rings. The number of unbranched alkanes of at least 4 members (excludes halogenated alkanes) is 1. The van der Waals surface area contributed by atoms with Crippen LogP contribution in [-0.4, -0.2) is 66.3 Å². The molecular weight excluding hydrogens is 483 g/mol. The number of ether oxygens (including phenoxy) is 2. The molecule has 0 unspecified atom stereocenters. The van der Waals surface area contributed by atoms with Gasteiger partial charge in [0.25, 0.3) is 5.91 Å². The maximum atomic E-state index is 12.8. The second-order valence-corrected chi connectivity index (χ2v) is 9.62. The molecule has 0 radical (unpaired) electrons. The van der Waals surface area contributed by atoms with Crippen molar-refractivity contribution >= 4 is 58.1 Å². The Morgan fingerprint density at radius 3 is 2.91 bits per heavy atom. The van der Waals surface area contributed by atoms with Gasteiger partial charge in [0.15, 0.2) is 4.96 Å². The molecule has 3 heterocycles. The fraction of sp³-hybridized carbons (Fsp3) is 0.565. The lowest BCUT2D eigenvalue weighted by Crippen LogP contribution is -2.36. The predicted octanol–water partition coefficient (Wildman–Crippen LogP) is 4.55. The second kappa shape index (κ2) is 12.3. The molecule has 1 aliphatic heterocycles. The van der Waals surface area contributed by atoms with Crippen LogP contribution < -0.4 is 5.32 Å². The molecule has 4 rings (SSSR count). The van der Waals surface area contributed by atoms with E-state index in [0.717, 1.165) is 74.5 Å². The smallest absolute Gasteiger partial charge is 0.265 e. The summed E-state index contributed by atoms with van der Waals surface area (Å²) in [6.07, 6.45) is 6.05. The lowest BCUT2D eigenvalue weighted by atomic mass is 10.0. The molecule has 1 atom stereocenters. The van der Waals surface area contributed by atoms with Gasteiger partial charge in [-0.15, -0.1) is 24.8 Å². The SMILES string of the molecule is COCCCCN(C)C(=O)c1cn2c(nc3ccc(CNC[C@@]4(C)CCCO4)cc32)s1.Cl.Cl. The van der Waals surface area contributed by atoms with Crippen molar-refractivity contribution in [3.05, 3.63) is 34.8 Å². The van der Waals surface area contributed by atoms with Gasteiger partial charge in [0.2, 0.25) is 0 Å². The van der Waals surface area contributed by atoms with Gasteiger partial charge in [-0.05, 0) is 50.3 Å². The summed E-state index contributed by atoms with van der Waals surface area (Å²) >= 11 is 1.45. The van der Waals surface area contributed by atoms with Gasteiger partial charge in [-0.1, -0.05) is 17.4 Å². The topological polar surface area (TPSA) is 68.1 Å². The molecule has 33 heavy (non-hydrogen) atoms. The molecule has 1 aliphatic rings. The summed E-state index contributed by atoms with van der Waals surface area (Å²) in [6.45, 7) is 6.11. The van der Waals surface area contributed by atoms with Crippen molar-refractivity contribution in [3.8, 4) is 0 Å². The van der Waals surface area contributed by atoms with Gasteiger partial charge in [-0.2, -0.15) is 0 Å². The van der Waals surface area contributed by atoms with Crippen molar-refractivity contribution in [2.45, 2.75) is 44.8 Å². The highest BCUT2D eigenvalue weighted by molar-refractivity contribution is 7.18. The number of aromatic nitrogens is 2. The molecule has 1 aromatic carbocycles. The number of benzene rings is 1. The number of hydrogen-bond donors (Lipinski definition) is 1. The molecule has 1 N–H and O–H groups in total. The van der Waals surface area contributed by atoms with Gasteiger partial charge in [0.1, 0.15) is 4.88 Å². The number of hydrogen-bond acceptors (Lipinski definition) is 6. The maximum Gasteiger partial charge on any atom is 0.265 e. The lowest BCUT2D eigenvalue weighted by molar-refractivity contribution is 0.0207. The van der Waals surface area contributed by atoms with Gasteiger partial charge < -0.3 is 19.7 Å². The largest absolute Gasteiger partial charge is 0.385 e. The van der Waals surface area contributed by atoms with Crippen LogP contribution in [0, 0.1) is 0 Å². The van der Waals surface area contributed by atoms with Crippen molar-refractivity contribution < 1.29 is 14.3 Å². The third-order valence-electron chi connectivity index (χ3n) is 5.95. The Hall–Kier alpha value is -1.42. The van der Waals surface area contributed by atoms with Gasteiger partial charge in [-0.3, -0.25) is 9.20 Å². The molecule has 1 amide bonds. The Kier molecular flexibility index (Phi) is 10.4. The third kappa shape index (κ3) is 6.59. The van der Waals surface area contributed by atoms with E-state index < -0.39 is 0 Å². The average molecular weight is 518 g/mol. The van der Waals surface area contributed by atoms with Gasteiger partial charge in [-0.25, -0.2) is 4.98 Å². The minimum Gasteiger partial charge on any atom is -0.385 e. The molecule has 0 aliphatic carbocycles. The first-order valence-electron chi connectivity index (χ1n) is 11.0. The normalized spacial score (nSPS) is 17.8. The van der Waals surface area contributed by atoms with E-state index in [2.05, 4.69) is 30.4 Å². The summed E-state index contributed by atoms with van der Waals surface area (Å²) < 4.78 is 13.0. The minimum atomic E-state index is -0.0494. The zero-order valence-corrected chi connectivity index (χ0v) is 21.9. The quantitative estimate of drug-likeness (QED) is 0.400. The minimum absolute atomic E-state index is 0. The second-order valence-electron chi connectivity index (χ2n) is 8.61. The number of halogens is 2.